The second-order valence-electron chi connectivity index (χ2n) is 3.46. The first-order chi connectivity index (χ1) is 6.97. The van der Waals surface area contributed by atoms with Crippen molar-refractivity contribution in [2.24, 2.45) is 0 Å². The van der Waals surface area contributed by atoms with Crippen molar-refractivity contribution < 1.29 is 24.9 Å². The van der Waals surface area contributed by atoms with Gasteiger partial charge in [0.15, 0.2) is 0 Å². The Kier molecular flexibility index (Phi) is 4.35. The van der Waals surface area contributed by atoms with Crippen LogP contribution in [0.5, 0.6) is 0 Å². The monoisotopic (exact) mass is 237 g/mol. The minimum absolute atomic E-state index is 0.351. The molecule has 0 aliphatic carbocycles. The number of hydrogen-bond donors (Lipinski definition) is 5. The Bertz CT molecular complexity index is 239. The maximum atomic E-state index is 10.8. The Morgan fingerprint density at radius 2 is 2.07 bits per heavy atom. The molecule has 0 radical (unpaired) electrons. The lowest BCUT2D eigenvalue weighted by atomic mass is 9.98. The Hall–Kier alpha value is -0.340. The third-order valence-corrected chi connectivity index (χ3v) is 2.71. The standard InChI is InChI=1S/C8H15NO5S/c1-3(11)9-5-7(13)6(12)4(2-10)14-8(5)15/h4-8,10,12-13,15H,2H2,1H3,(H,9,11)/t4?,5?,6-,7+,8+/m1/s1. The van der Waals surface area contributed by atoms with Crippen LogP contribution in [-0.4, -0.2) is 57.6 Å². The Labute approximate surface area is 92.7 Å². The number of carbonyl (C=O) groups is 1. The molecule has 1 aliphatic rings. The second-order valence-corrected chi connectivity index (χ2v) is 3.96. The number of hydrogen-bond acceptors (Lipinski definition) is 6. The van der Waals surface area contributed by atoms with Crippen molar-refractivity contribution in [1.29, 1.82) is 0 Å². The zero-order valence-electron chi connectivity index (χ0n) is 8.20. The van der Waals surface area contributed by atoms with Crippen molar-refractivity contribution in [3.8, 4) is 0 Å². The predicted octanol–water partition coefficient (Wildman–Crippen LogP) is -2.14. The number of rotatable bonds is 2. The van der Waals surface area contributed by atoms with Gasteiger partial charge in [-0.05, 0) is 0 Å². The van der Waals surface area contributed by atoms with Gasteiger partial charge in [-0.25, -0.2) is 0 Å². The number of amides is 1. The smallest absolute Gasteiger partial charge is 0.217 e. The highest BCUT2D eigenvalue weighted by Crippen LogP contribution is 2.22. The molecule has 6 nitrogen and oxygen atoms in total. The Morgan fingerprint density at radius 1 is 1.47 bits per heavy atom. The van der Waals surface area contributed by atoms with E-state index in [9.17, 15) is 15.0 Å². The summed E-state index contributed by atoms with van der Waals surface area (Å²) in [5, 5.41) is 30.4. The molecule has 1 fully saturated rings. The van der Waals surface area contributed by atoms with Crippen molar-refractivity contribution in [2.75, 3.05) is 6.61 Å². The van der Waals surface area contributed by atoms with Crippen LogP contribution in [0.15, 0.2) is 0 Å². The quantitative estimate of drug-likeness (QED) is 0.353. The predicted molar refractivity (Wildman–Crippen MR) is 54.4 cm³/mol. The molecular formula is C8H15NO5S. The second kappa shape index (κ2) is 5.13. The molecule has 1 saturated heterocycles. The summed E-state index contributed by atoms with van der Waals surface area (Å²) in [5.74, 6) is -0.351. The van der Waals surface area contributed by atoms with Gasteiger partial charge in [-0.2, -0.15) is 0 Å². The van der Waals surface area contributed by atoms with Crippen LogP contribution in [0.25, 0.3) is 0 Å². The summed E-state index contributed by atoms with van der Waals surface area (Å²) in [5.41, 5.74) is -0.760. The van der Waals surface area contributed by atoms with Crippen LogP contribution in [-0.2, 0) is 9.53 Å². The Morgan fingerprint density at radius 3 is 2.53 bits per heavy atom. The highest BCUT2D eigenvalue weighted by Gasteiger charge is 2.43. The molecule has 1 heterocycles. The van der Waals surface area contributed by atoms with Crippen molar-refractivity contribution in [2.45, 2.75) is 36.7 Å². The summed E-state index contributed by atoms with van der Waals surface area (Å²) in [4.78, 5) is 10.8. The molecule has 0 bridgehead atoms. The van der Waals surface area contributed by atoms with E-state index >= 15 is 0 Å². The fourth-order valence-electron chi connectivity index (χ4n) is 1.49. The first kappa shape index (κ1) is 12.7. The fraction of sp³-hybridized carbons (Fsp3) is 0.875. The molecule has 5 atom stereocenters. The van der Waals surface area contributed by atoms with E-state index in [-0.39, 0.29) is 5.91 Å². The first-order valence-corrected chi connectivity index (χ1v) is 5.06. The number of thiol groups is 1. The van der Waals surface area contributed by atoms with Crippen molar-refractivity contribution in [3.63, 3.8) is 0 Å². The van der Waals surface area contributed by atoms with Gasteiger partial charge in [0.05, 0.1) is 12.6 Å². The number of ether oxygens (including phenoxy) is 1. The van der Waals surface area contributed by atoms with E-state index in [1.807, 2.05) is 0 Å². The minimum atomic E-state index is -1.24. The van der Waals surface area contributed by atoms with E-state index in [0.29, 0.717) is 0 Å². The minimum Gasteiger partial charge on any atom is -0.394 e. The van der Waals surface area contributed by atoms with Crippen LogP contribution in [0.1, 0.15) is 6.92 Å². The zero-order chi connectivity index (χ0) is 11.6. The van der Waals surface area contributed by atoms with Crippen molar-refractivity contribution in [3.05, 3.63) is 0 Å². The van der Waals surface area contributed by atoms with Gasteiger partial charge in [0, 0.05) is 6.92 Å². The van der Waals surface area contributed by atoms with Crippen molar-refractivity contribution >= 4 is 18.5 Å². The van der Waals surface area contributed by atoms with Gasteiger partial charge in [-0.1, -0.05) is 0 Å². The molecule has 1 rings (SSSR count). The summed E-state index contributed by atoms with van der Waals surface area (Å²) in [6.07, 6.45) is -3.33. The average molecular weight is 237 g/mol. The highest BCUT2D eigenvalue weighted by atomic mass is 32.1. The number of aliphatic hydroxyl groups excluding tert-OH is 3. The molecule has 0 aromatic rings. The van der Waals surface area contributed by atoms with Gasteiger partial charge in [-0.3, -0.25) is 4.79 Å². The molecule has 2 unspecified atom stereocenters. The van der Waals surface area contributed by atoms with Gasteiger partial charge in [0.1, 0.15) is 23.7 Å². The fourth-order valence-corrected chi connectivity index (χ4v) is 1.89. The first-order valence-electron chi connectivity index (χ1n) is 4.55. The van der Waals surface area contributed by atoms with Crippen LogP contribution in [0.4, 0.5) is 0 Å². The average Bonchev–Trinajstić information content (AvgIpc) is 2.18. The van der Waals surface area contributed by atoms with Crippen LogP contribution in [0, 0.1) is 0 Å². The van der Waals surface area contributed by atoms with E-state index < -0.39 is 36.4 Å². The summed E-state index contributed by atoms with van der Waals surface area (Å²) in [6, 6.07) is -0.788. The number of nitrogens with one attached hydrogen (secondary N) is 1. The van der Waals surface area contributed by atoms with Gasteiger partial charge in [0.25, 0.3) is 0 Å². The molecule has 0 aromatic heterocycles. The third kappa shape index (κ3) is 2.82. The molecule has 15 heavy (non-hydrogen) atoms. The zero-order valence-corrected chi connectivity index (χ0v) is 9.09. The molecule has 4 N–H and O–H groups in total. The van der Waals surface area contributed by atoms with Gasteiger partial charge in [-0.15, -0.1) is 12.6 Å². The van der Waals surface area contributed by atoms with Gasteiger partial charge in [0.2, 0.25) is 5.91 Å². The summed E-state index contributed by atoms with van der Waals surface area (Å²) in [6.45, 7) is 0.875. The maximum absolute atomic E-state index is 10.8. The molecule has 0 saturated carbocycles. The SMILES string of the molecule is CC(=O)NC1[C@H](S)OC(CO)[C@@H](O)[C@H]1O. The lowest BCUT2D eigenvalue weighted by Gasteiger charge is -2.40. The molecular weight excluding hydrogens is 222 g/mol. The molecule has 1 aliphatic heterocycles. The van der Waals surface area contributed by atoms with Crippen molar-refractivity contribution in [1.82, 2.24) is 5.32 Å². The lowest BCUT2D eigenvalue weighted by Crippen LogP contribution is -2.62. The summed E-state index contributed by atoms with van der Waals surface area (Å²) < 4.78 is 5.12. The van der Waals surface area contributed by atoms with Crippen LogP contribution in [0.3, 0.4) is 0 Å². The van der Waals surface area contributed by atoms with Crippen LogP contribution >= 0.6 is 12.6 Å². The third-order valence-electron chi connectivity index (χ3n) is 2.27. The topological polar surface area (TPSA) is 99.0 Å². The summed E-state index contributed by atoms with van der Waals surface area (Å²) >= 11 is 4.02. The molecule has 1 amide bonds. The van der Waals surface area contributed by atoms with E-state index in [4.69, 9.17) is 9.84 Å². The van der Waals surface area contributed by atoms with E-state index in [2.05, 4.69) is 17.9 Å². The normalized spacial score (nSPS) is 41.3. The molecule has 0 spiro atoms. The lowest BCUT2D eigenvalue weighted by molar-refractivity contribution is -0.173. The highest BCUT2D eigenvalue weighted by molar-refractivity contribution is 7.80. The van der Waals surface area contributed by atoms with Gasteiger partial charge >= 0.3 is 0 Å². The number of aliphatic hydroxyl groups is 3. The van der Waals surface area contributed by atoms with Crippen LogP contribution in [0.2, 0.25) is 0 Å². The van der Waals surface area contributed by atoms with Crippen LogP contribution < -0.4 is 5.32 Å². The number of carbonyl (C=O) groups excluding carboxylic acids is 1. The molecule has 7 heteroatoms. The molecule has 0 aromatic carbocycles. The summed E-state index contributed by atoms with van der Waals surface area (Å²) in [7, 11) is 0. The van der Waals surface area contributed by atoms with E-state index in [1.165, 1.54) is 6.92 Å². The van der Waals surface area contributed by atoms with Gasteiger partial charge < -0.3 is 25.4 Å². The van der Waals surface area contributed by atoms with E-state index in [1.54, 1.807) is 0 Å². The largest absolute Gasteiger partial charge is 0.394 e. The Balaban J connectivity index is 2.70. The maximum Gasteiger partial charge on any atom is 0.217 e. The molecule has 88 valence electrons. The van der Waals surface area contributed by atoms with E-state index in [0.717, 1.165) is 0 Å².